The van der Waals surface area contributed by atoms with Gasteiger partial charge < -0.3 is 0 Å². The number of amides is 1. The first-order valence-corrected chi connectivity index (χ1v) is 6.64. The smallest absolute Gasteiger partial charge is 0.243 e. The molecule has 0 saturated heterocycles. The van der Waals surface area contributed by atoms with Gasteiger partial charge in [0, 0.05) is 11.6 Å². The van der Waals surface area contributed by atoms with Crippen LogP contribution in [0.5, 0.6) is 0 Å². The maximum atomic E-state index is 11.9. The minimum Gasteiger partial charge on any atom is -0.273 e. The summed E-state index contributed by atoms with van der Waals surface area (Å²) in [6.45, 7) is 2.00. The Morgan fingerprint density at radius 3 is 2.67 bits per heavy atom. The quantitative estimate of drug-likeness (QED) is 0.640. The average Bonchev–Trinajstić information content (AvgIpc) is 3.29. The minimum absolute atomic E-state index is 0.0730. The Morgan fingerprint density at radius 1 is 1.28 bits per heavy atom. The van der Waals surface area contributed by atoms with Gasteiger partial charge in [-0.2, -0.15) is 5.10 Å². The summed E-state index contributed by atoms with van der Waals surface area (Å²) in [5.74, 6) is 1.20. The molecule has 1 N–H and O–H groups in total. The highest BCUT2D eigenvalue weighted by Gasteiger charge is 2.43. The maximum Gasteiger partial charge on any atom is 0.243 e. The lowest BCUT2D eigenvalue weighted by Crippen LogP contribution is -2.21. The fourth-order valence-corrected chi connectivity index (χ4v) is 2.37. The highest BCUT2D eigenvalue weighted by molar-refractivity contribution is 5.89. The average molecular weight is 242 g/mol. The number of carbonyl (C=O) groups is 1. The van der Waals surface area contributed by atoms with E-state index in [0.29, 0.717) is 11.8 Å². The van der Waals surface area contributed by atoms with Crippen molar-refractivity contribution < 1.29 is 4.79 Å². The van der Waals surface area contributed by atoms with E-state index in [2.05, 4.69) is 22.7 Å². The van der Waals surface area contributed by atoms with Crippen LogP contribution in [0.3, 0.4) is 0 Å². The van der Waals surface area contributed by atoms with Crippen molar-refractivity contribution in [3.05, 3.63) is 35.9 Å². The third kappa shape index (κ3) is 2.45. The Labute approximate surface area is 107 Å². The molecule has 0 bridgehead atoms. The van der Waals surface area contributed by atoms with Crippen molar-refractivity contribution in [3.63, 3.8) is 0 Å². The number of benzene rings is 1. The van der Waals surface area contributed by atoms with E-state index in [-0.39, 0.29) is 11.8 Å². The van der Waals surface area contributed by atoms with Crippen molar-refractivity contribution >= 4 is 11.6 Å². The molecule has 2 saturated carbocycles. The van der Waals surface area contributed by atoms with Gasteiger partial charge in [0.25, 0.3) is 0 Å². The molecule has 0 aromatic heterocycles. The zero-order chi connectivity index (χ0) is 12.5. The zero-order valence-electron chi connectivity index (χ0n) is 10.6. The van der Waals surface area contributed by atoms with Crippen molar-refractivity contribution in [2.45, 2.75) is 32.1 Å². The highest BCUT2D eigenvalue weighted by atomic mass is 16.2. The molecule has 3 nitrogen and oxygen atoms in total. The lowest BCUT2D eigenvalue weighted by Gasteiger charge is -2.01. The van der Waals surface area contributed by atoms with Gasteiger partial charge >= 0.3 is 0 Å². The van der Waals surface area contributed by atoms with Crippen LogP contribution in [-0.4, -0.2) is 11.6 Å². The van der Waals surface area contributed by atoms with E-state index in [1.165, 1.54) is 18.4 Å². The van der Waals surface area contributed by atoms with Gasteiger partial charge in [-0.3, -0.25) is 4.79 Å². The first-order chi connectivity index (χ1) is 8.75. The minimum atomic E-state index is 0.0730. The summed E-state index contributed by atoms with van der Waals surface area (Å²) in [7, 11) is 0. The topological polar surface area (TPSA) is 41.5 Å². The number of carbonyl (C=O) groups excluding carboxylic acids is 1. The predicted octanol–water partition coefficient (Wildman–Crippen LogP) is 2.69. The molecule has 2 unspecified atom stereocenters. The molecule has 0 radical (unpaired) electrons. The van der Waals surface area contributed by atoms with Crippen molar-refractivity contribution in [1.82, 2.24) is 5.43 Å². The van der Waals surface area contributed by atoms with Gasteiger partial charge in [0.1, 0.15) is 0 Å². The van der Waals surface area contributed by atoms with E-state index in [4.69, 9.17) is 0 Å². The summed E-state index contributed by atoms with van der Waals surface area (Å²) in [4.78, 5) is 11.9. The molecule has 0 spiro atoms. The number of hydrazone groups is 1. The van der Waals surface area contributed by atoms with Crippen LogP contribution in [0, 0.1) is 11.8 Å². The van der Waals surface area contributed by atoms with Crippen LogP contribution in [0.2, 0.25) is 0 Å². The van der Waals surface area contributed by atoms with Gasteiger partial charge in [-0.1, -0.05) is 30.3 Å². The SMILES string of the molecule is CC(=NNC(=O)C1CC1c1ccccc1)C1CC1. The number of nitrogens with one attached hydrogen (secondary N) is 1. The van der Waals surface area contributed by atoms with E-state index < -0.39 is 0 Å². The van der Waals surface area contributed by atoms with Gasteiger partial charge in [0.05, 0.1) is 0 Å². The molecular weight excluding hydrogens is 224 g/mol. The van der Waals surface area contributed by atoms with Crippen molar-refractivity contribution in [3.8, 4) is 0 Å². The molecule has 1 aromatic carbocycles. The van der Waals surface area contributed by atoms with Gasteiger partial charge in [0.15, 0.2) is 0 Å². The molecule has 0 heterocycles. The molecule has 3 heteroatoms. The van der Waals surface area contributed by atoms with Crippen molar-refractivity contribution in [2.24, 2.45) is 16.9 Å². The highest BCUT2D eigenvalue weighted by Crippen LogP contribution is 2.47. The third-order valence-electron chi connectivity index (χ3n) is 3.87. The van der Waals surface area contributed by atoms with E-state index in [1.54, 1.807) is 0 Å². The van der Waals surface area contributed by atoms with Gasteiger partial charge in [-0.15, -0.1) is 0 Å². The molecule has 1 aromatic rings. The van der Waals surface area contributed by atoms with Gasteiger partial charge in [0.2, 0.25) is 5.91 Å². The zero-order valence-corrected chi connectivity index (χ0v) is 10.6. The molecular formula is C15H18N2O. The Kier molecular flexibility index (Phi) is 2.90. The molecule has 2 atom stereocenters. The molecule has 2 aliphatic carbocycles. The number of hydrogen-bond donors (Lipinski definition) is 1. The Bertz CT molecular complexity index is 477. The number of rotatable bonds is 4. The molecule has 18 heavy (non-hydrogen) atoms. The van der Waals surface area contributed by atoms with Gasteiger partial charge in [-0.25, -0.2) is 5.43 Å². The second-order valence-corrected chi connectivity index (χ2v) is 5.36. The van der Waals surface area contributed by atoms with Crippen molar-refractivity contribution in [1.29, 1.82) is 0 Å². The summed E-state index contributed by atoms with van der Waals surface area (Å²) < 4.78 is 0. The third-order valence-corrected chi connectivity index (χ3v) is 3.87. The monoisotopic (exact) mass is 242 g/mol. The van der Waals surface area contributed by atoms with Crippen LogP contribution in [-0.2, 0) is 4.79 Å². The molecule has 2 fully saturated rings. The Morgan fingerprint density at radius 2 is 2.00 bits per heavy atom. The van der Waals surface area contributed by atoms with E-state index in [1.807, 2.05) is 25.1 Å². The van der Waals surface area contributed by atoms with Crippen LogP contribution < -0.4 is 5.43 Å². The summed E-state index contributed by atoms with van der Waals surface area (Å²) in [6, 6.07) is 10.2. The fraction of sp³-hybridized carbons (Fsp3) is 0.467. The van der Waals surface area contributed by atoms with Crippen LogP contribution in [0.15, 0.2) is 35.4 Å². The molecule has 0 aliphatic heterocycles. The maximum absolute atomic E-state index is 11.9. The second kappa shape index (κ2) is 4.56. The van der Waals surface area contributed by atoms with E-state index in [9.17, 15) is 4.79 Å². The Hall–Kier alpha value is -1.64. The largest absolute Gasteiger partial charge is 0.273 e. The molecule has 94 valence electrons. The van der Waals surface area contributed by atoms with Crippen LogP contribution >= 0.6 is 0 Å². The second-order valence-electron chi connectivity index (χ2n) is 5.36. The normalized spacial score (nSPS) is 26.8. The number of nitrogens with zero attached hydrogens (tertiary/aromatic N) is 1. The summed E-state index contributed by atoms with van der Waals surface area (Å²) in [5, 5.41) is 4.19. The number of hydrogen-bond acceptors (Lipinski definition) is 2. The fourth-order valence-electron chi connectivity index (χ4n) is 2.37. The predicted molar refractivity (Wildman–Crippen MR) is 71.3 cm³/mol. The standard InChI is InChI=1S/C15H18N2O/c1-10(11-7-8-11)16-17-15(18)14-9-13(14)12-5-3-2-4-6-12/h2-6,11,13-14H,7-9H2,1H3,(H,17,18). The summed E-state index contributed by atoms with van der Waals surface area (Å²) in [5.41, 5.74) is 5.05. The van der Waals surface area contributed by atoms with Gasteiger partial charge in [-0.05, 0) is 43.6 Å². The lowest BCUT2D eigenvalue weighted by molar-refractivity contribution is -0.122. The van der Waals surface area contributed by atoms with E-state index in [0.717, 1.165) is 12.1 Å². The molecule has 3 rings (SSSR count). The van der Waals surface area contributed by atoms with Crippen LogP contribution in [0.4, 0.5) is 0 Å². The molecule has 1 amide bonds. The molecule has 2 aliphatic rings. The summed E-state index contributed by atoms with van der Waals surface area (Å²) >= 11 is 0. The van der Waals surface area contributed by atoms with Crippen molar-refractivity contribution in [2.75, 3.05) is 0 Å². The van der Waals surface area contributed by atoms with E-state index >= 15 is 0 Å². The Balaban J connectivity index is 1.54. The van der Waals surface area contributed by atoms with Crippen LogP contribution in [0.25, 0.3) is 0 Å². The lowest BCUT2D eigenvalue weighted by atomic mass is 10.1. The first kappa shape index (κ1) is 11.5. The van der Waals surface area contributed by atoms with Crippen LogP contribution in [0.1, 0.15) is 37.7 Å². The summed E-state index contributed by atoms with van der Waals surface area (Å²) in [6.07, 6.45) is 3.40. The first-order valence-electron chi connectivity index (χ1n) is 6.64.